The molecule has 0 aliphatic carbocycles. The zero-order valence-corrected chi connectivity index (χ0v) is 18.2. The Kier molecular flexibility index (Phi) is 7.49. The first-order valence-electron chi connectivity index (χ1n) is 10.4. The van der Waals surface area contributed by atoms with Gasteiger partial charge >= 0.3 is 0 Å². The molecule has 1 heterocycles. The van der Waals surface area contributed by atoms with Crippen LogP contribution in [0.15, 0.2) is 48.5 Å². The number of nitrogens with one attached hydrogen (secondary N) is 2. The number of morpholine rings is 1. The van der Waals surface area contributed by atoms with Gasteiger partial charge in [0.05, 0.1) is 13.2 Å². The highest BCUT2D eigenvalue weighted by Gasteiger charge is 2.33. The first kappa shape index (κ1) is 23.3. The molecule has 0 unspecified atom stereocenters. The molecule has 0 radical (unpaired) electrons. The fourth-order valence-corrected chi connectivity index (χ4v) is 3.29. The van der Waals surface area contributed by atoms with Crippen LogP contribution in [0, 0.1) is 11.8 Å². The molecule has 0 saturated carbocycles. The second-order valence-electron chi connectivity index (χ2n) is 8.18. The number of hydrogen-bond acceptors (Lipinski definition) is 6. The Morgan fingerprint density at radius 1 is 1.03 bits per heavy atom. The molecule has 1 saturated heterocycles. The summed E-state index contributed by atoms with van der Waals surface area (Å²) in [5.74, 6) is 4.95. The number of ether oxygens (including phenoxy) is 1. The molecule has 0 aromatic heterocycles. The van der Waals surface area contributed by atoms with Crippen LogP contribution < -0.4 is 21.4 Å². The highest BCUT2D eigenvalue weighted by molar-refractivity contribution is 5.97. The van der Waals surface area contributed by atoms with E-state index in [-0.39, 0.29) is 0 Å². The zero-order valence-electron chi connectivity index (χ0n) is 18.2. The average molecular weight is 437 g/mol. The number of amides is 2. The van der Waals surface area contributed by atoms with Crippen molar-refractivity contribution in [3.8, 4) is 11.8 Å². The number of nitrogens with zero attached hydrogens (tertiary/aromatic N) is 1. The number of hydroxylamine groups is 1. The number of rotatable bonds is 5. The van der Waals surface area contributed by atoms with E-state index in [2.05, 4.69) is 34.2 Å². The van der Waals surface area contributed by atoms with Gasteiger partial charge in [0.1, 0.15) is 6.04 Å². The summed E-state index contributed by atoms with van der Waals surface area (Å²) in [5, 5.41) is 11.4. The molecule has 168 valence electrons. The summed E-state index contributed by atoms with van der Waals surface area (Å²) in [4.78, 5) is 26.6. The maximum absolute atomic E-state index is 12.5. The van der Waals surface area contributed by atoms with Gasteiger partial charge in [-0.05, 0) is 62.4 Å². The Bertz CT molecular complexity index is 996. The summed E-state index contributed by atoms with van der Waals surface area (Å²) >= 11 is 0. The van der Waals surface area contributed by atoms with E-state index in [1.165, 1.54) is 5.48 Å². The molecule has 8 nitrogen and oxygen atoms in total. The number of carbonyl (C=O) groups excluding carboxylic acids is 2. The van der Waals surface area contributed by atoms with Gasteiger partial charge < -0.3 is 20.7 Å². The molecule has 5 N–H and O–H groups in total. The zero-order chi connectivity index (χ0) is 23.1. The monoisotopic (exact) mass is 436 g/mol. The first-order chi connectivity index (χ1) is 15.3. The minimum absolute atomic E-state index is 0.352. The van der Waals surface area contributed by atoms with Gasteiger partial charge in [-0.15, -0.1) is 0 Å². The Morgan fingerprint density at radius 3 is 2.06 bits per heavy atom. The molecular weight excluding hydrogens is 408 g/mol. The van der Waals surface area contributed by atoms with Crippen LogP contribution in [-0.4, -0.2) is 54.9 Å². The summed E-state index contributed by atoms with van der Waals surface area (Å²) in [7, 11) is 0. The molecule has 2 amide bonds. The van der Waals surface area contributed by atoms with Gasteiger partial charge in [0.15, 0.2) is 0 Å². The van der Waals surface area contributed by atoms with E-state index < -0.39 is 23.4 Å². The van der Waals surface area contributed by atoms with Gasteiger partial charge in [-0.1, -0.05) is 11.8 Å². The van der Waals surface area contributed by atoms with E-state index in [1.807, 2.05) is 12.1 Å². The minimum atomic E-state index is -1.10. The van der Waals surface area contributed by atoms with Crippen LogP contribution in [0.25, 0.3) is 0 Å². The summed E-state index contributed by atoms with van der Waals surface area (Å²) in [6, 6.07) is 13.7. The van der Waals surface area contributed by atoms with Crippen molar-refractivity contribution in [1.82, 2.24) is 10.8 Å². The second-order valence-corrected chi connectivity index (χ2v) is 8.18. The van der Waals surface area contributed by atoms with Crippen molar-refractivity contribution < 1.29 is 19.5 Å². The van der Waals surface area contributed by atoms with E-state index in [4.69, 9.17) is 15.7 Å². The van der Waals surface area contributed by atoms with Crippen LogP contribution in [0.2, 0.25) is 0 Å². The van der Waals surface area contributed by atoms with Gasteiger partial charge in [0.25, 0.3) is 11.8 Å². The Morgan fingerprint density at radius 2 is 1.56 bits per heavy atom. The van der Waals surface area contributed by atoms with Crippen LogP contribution in [0.4, 0.5) is 5.69 Å². The van der Waals surface area contributed by atoms with E-state index in [0.717, 1.165) is 43.1 Å². The standard InChI is InChI=1S/C24H28N4O4/c1-24(2,25)21(23(30)27-31)26-22(29)19-9-5-17(6-10-19)3-4-18-7-11-20(12-8-18)28-13-15-32-16-14-28/h5-12,21,31H,13-16,25H2,1-2H3,(H,26,29)(H,27,30)/t21-/m1/s1. The molecule has 0 bridgehead atoms. The molecule has 1 aliphatic heterocycles. The van der Waals surface area contributed by atoms with Crippen LogP contribution in [0.3, 0.4) is 0 Å². The minimum Gasteiger partial charge on any atom is -0.378 e. The summed E-state index contributed by atoms with van der Waals surface area (Å²) < 4.78 is 5.38. The predicted octanol–water partition coefficient (Wildman–Crippen LogP) is 1.26. The third-order valence-corrected chi connectivity index (χ3v) is 5.13. The van der Waals surface area contributed by atoms with Crippen molar-refractivity contribution in [2.75, 3.05) is 31.2 Å². The quantitative estimate of drug-likeness (QED) is 0.319. The first-order valence-corrected chi connectivity index (χ1v) is 10.4. The van der Waals surface area contributed by atoms with E-state index in [0.29, 0.717) is 5.56 Å². The maximum Gasteiger partial charge on any atom is 0.267 e. The maximum atomic E-state index is 12.5. The van der Waals surface area contributed by atoms with Crippen LogP contribution >= 0.6 is 0 Å². The number of anilines is 1. The third kappa shape index (κ3) is 6.08. The number of benzene rings is 2. The van der Waals surface area contributed by atoms with Crippen molar-refractivity contribution >= 4 is 17.5 Å². The van der Waals surface area contributed by atoms with Gasteiger partial charge in [-0.3, -0.25) is 14.8 Å². The molecule has 1 fully saturated rings. The molecule has 2 aromatic rings. The van der Waals surface area contributed by atoms with Gasteiger partial charge in [0.2, 0.25) is 0 Å². The highest BCUT2D eigenvalue weighted by Crippen LogP contribution is 2.16. The number of carbonyl (C=O) groups is 2. The molecule has 1 atom stereocenters. The Labute approximate surface area is 187 Å². The lowest BCUT2D eigenvalue weighted by atomic mass is 9.95. The van der Waals surface area contributed by atoms with Crippen molar-refractivity contribution in [2.24, 2.45) is 5.73 Å². The Balaban J connectivity index is 1.64. The lowest BCUT2D eigenvalue weighted by Crippen LogP contribution is -2.61. The van der Waals surface area contributed by atoms with E-state index in [1.54, 1.807) is 38.1 Å². The molecule has 32 heavy (non-hydrogen) atoms. The van der Waals surface area contributed by atoms with Gasteiger partial charge in [-0.25, -0.2) is 5.48 Å². The van der Waals surface area contributed by atoms with Crippen LogP contribution in [0.5, 0.6) is 0 Å². The average Bonchev–Trinajstić information content (AvgIpc) is 2.81. The van der Waals surface area contributed by atoms with Gasteiger partial charge in [0, 0.05) is 41.0 Å². The smallest absolute Gasteiger partial charge is 0.267 e. The predicted molar refractivity (Wildman–Crippen MR) is 121 cm³/mol. The SMILES string of the molecule is CC(C)(N)[C@H](NC(=O)c1ccc(C#Cc2ccc(N3CCOCC3)cc2)cc1)C(=O)NO. The van der Waals surface area contributed by atoms with Crippen molar-refractivity contribution in [1.29, 1.82) is 0 Å². The third-order valence-electron chi connectivity index (χ3n) is 5.13. The second kappa shape index (κ2) is 10.3. The molecule has 8 heteroatoms. The Hall–Kier alpha value is -3.38. The summed E-state index contributed by atoms with van der Waals surface area (Å²) in [6.07, 6.45) is 0. The van der Waals surface area contributed by atoms with Crippen molar-refractivity contribution in [2.45, 2.75) is 25.4 Å². The molecule has 0 spiro atoms. The highest BCUT2D eigenvalue weighted by atomic mass is 16.5. The number of nitrogens with two attached hydrogens (primary N) is 1. The fraction of sp³-hybridized carbons (Fsp3) is 0.333. The normalized spacial score (nSPS) is 14.7. The lowest BCUT2D eigenvalue weighted by molar-refractivity contribution is -0.132. The summed E-state index contributed by atoms with van der Waals surface area (Å²) in [6.45, 7) is 6.43. The van der Waals surface area contributed by atoms with E-state index >= 15 is 0 Å². The van der Waals surface area contributed by atoms with E-state index in [9.17, 15) is 9.59 Å². The molecule has 2 aromatic carbocycles. The molecule has 1 aliphatic rings. The largest absolute Gasteiger partial charge is 0.378 e. The van der Waals surface area contributed by atoms with Crippen molar-refractivity contribution in [3.05, 3.63) is 65.2 Å². The number of hydrogen-bond donors (Lipinski definition) is 4. The topological polar surface area (TPSA) is 117 Å². The summed E-state index contributed by atoms with van der Waals surface area (Å²) in [5.41, 5.74) is 9.56. The van der Waals surface area contributed by atoms with Crippen LogP contribution in [0.1, 0.15) is 35.3 Å². The lowest BCUT2D eigenvalue weighted by Gasteiger charge is -2.29. The molecule has 3 rings (SSSR count). The fourth-order valence-electron chi connectivity index (χ4n) is 3.29. The van der Waals surface area contributed by atoms with Crippen molar-refractivity contribution in [3.63, 3.8) is 0 Å². The van der Waals surface area contributed by atoms with Gasteiger partial charge in [-0.2, -0.15) is 0 Å². The molecular formula is C24H28N4O4. The van der Waals surface area contributed by atoms with Crippen LogP contribution in [-0.2, 0) is 9.53 Å².